The number of amides is 2. The summed E-state index contributed by atoms with van der Waals surface area (Å²) in [7, 11) is 0. The van der Waals surface area contributed by atoms with Crippen LogP contribution in [0.4, 0.5) is 0 Å². The number of carbonyl (C=O) groups excluding carboxylic acids is 2. The Morgan fingerprint density at radius 2 is 1.74 bits per heavy atom. The Balaban J connectivity index is 1.63. The van der Waals surface area contributed by atoms with E-state index in [0.29, 0.717) is 49.7 Å². The summed E-state index contributed by atoms with van der Waals surface area (Å²) >= 11 is 0. The summed E-state index contributed by atoms with van der Waals surface area (Å²) in [6.07, 6.45) is 0. The highest BCUT2D eigenvalue weighted by atomic mass is 16.5. The van der Waals surface area contributed by atoms with Crippen LogP contribution < -0.4 is 5.73 Å². The molecule has 0 spiro atoms. The Morgan fingerprint density at radius 1 is 0.974 bits per heavy atom. The molecule has 1 aliphatic heterocycles. The summed E-state index contributed by atoms with van der Waals surface area (Å²) in [5.74, 6) is 0.0841. The summed E-state index contributed by atoms with van der Waals surface area (Å²) in [5, 5.41) is 5.65. The molecule has 8 nitrogen and oxygen atoms in total. The van der Waals surface area contributed by atoms with E-state index in [1.165, 1.54) is 0 Å². The lowest BCUT2D eigenvalue weighted by molar-refractivity contribution is 0.0303. The Kier molecular flexibility index (Phi) is 5.96. The van der Waals surface area contributed by atoms with Gasteiger partial charge in [-0.05, 0) is 55.3 Å². The number of hydrogen-bond donors (Lipinski definition) is 1. The van der Waals surface area contributed by atoms with E-state index in [-0.39, 0.29) is 5.91 Å². The normalized spacial score (nSPS) is 13.9. The van der Waals surface area contributed by atoms with Crippen LogP contribution in [0.1, 0.15) is 37.7 Å². The number of nitrogens with two attached hydrogens (primary N) is 1. The van der Waals surface area contributed by atoms with E-state index in [1.807, 2.05) is 50.2 Å². The van der Waals surface area contributed by atoms with Crippen LogP contribution in [0.5, 0.6) is 0 Å². The largest absolute Gasteiger partial charge is 0.378 e. The summed E-state index contributed by atoms with van der Waals surface area (Å²) in [4.78, 5) is 28.0. The van der Waals surface area contributed by atoms with Crippen molar-refractivity contribution in [3.63, 3.8) is 0 Å². The van der Waals surface area contributed by atoms with Gasteiger partial charge in [0.05, 0.1) is 24.4 Å². The van der Waals surface area contributed by atoms with Gasteiger partial charge in [-0.1, -0.05) is 35.5 Å². The van der Waals surface area contributed by atoms with Crippen molar-refractivity contribution in [3.8, 4) is 11.1 Å². The predicted octanol–water partition coefficient (Wildman–Crippen LogP) is 4.69. The number of hydrogen-bond acceptors (Lipinski definition) is 5. The summed E-state index contributed by atoms with van der Waals surface area (Å²) in [6, 6.07) is 19.7. The van der Waals surface area contributed by atoms with Crippen LogP contribution in [-0.2, 0) is 11.3 Å². The first-order chi connectivity index (χ1) is 18.4. The zero-order chi connectivity index (χ0) is 26.4. The van der Waals surface area contributed by atoms with Crippen LogP contribution >= 0.6 is 0 Å². The second-order valence-electron chi connectivity index (χ2n) is 9.69. The smallest absolute Gasteiger partial charge is 0.254 e. The fourth-order valence-electron chi connectivity index (χ4n) is 5.48. The van der Waals surface area contributed by atoms with Crippen molar-refractivity contribution in [1.29, 1.82) is 0 Å². The Hall–Kier alpha value is -4.43. The molecule has 38 heavy (non-hydrogen) atoms. The van der Waals surface area contributed by atoms with Crippen molar-refractivity contribution in [2.24, 2.45) is 5.73 Å². The van der Waals surface area contributed by atoms with E-state index in [9.17, 15) is 9.59 Å². The average molecular weight is 509 g/mol. The third kappa shape index (κ3) is 4.03. The highest BCUT2D eigenvalue weighted by Gasteiger charge is 2.24. The minimum Gasteiger partial charge on any atom is -0.378 e. The molecule has 0 radical (unpaired) electrons. The van der Waals surface area contributed by atoms with E-state index in [1.54, 1.807) is 11.0 Å². The molecule has 2 N–H and O–H groups in total. The molecule has 3 heterocycles. The molecule has 1 fully saturated rings. The first kappa shape index (κ1) is 23.9. The number of aryl methyl sites for hydroxylation is 2. The van der Waals surface area contributed by atoms with Crippen molar-refractivity contribution in [2.75, 3.05) is 26.3 Å². The van der Waals surface area contributed by atoms with Gasteiger partial charge in [0.2, 0.25) is 5.91 Å². The van der Waals surface area contributed by atoms with Gasteiger partial charge in [-0.25, -0.2) is 0 Å². The lowest BCUT2D eigenvalue weighted by Gasteiger charge is -2.26. The predicted molar refractivity (Wildman–Crippen MR) is 145 cm³/mol. The molecule has 1 saturated heterocycles. The third-order valence-electron chi connectivity index (χ3n) is 7.28. The SMILES string of the molecule is Cc1noc(C)c1-c1cc(C(N)=O)c2c3cc(C(=O)N4CCOCC4)ccc3n(Cc3ccccc3)c2c1. The molecule has 0 atom stereocenters. The standard InChI is InChI=1S/C30H28N4O4/c1-18-27(19(2)38-32-18)22-15-24(29(31)35)28-23-14-21(30(36)33-10-12-37-13-11-33)8-9-25(23)34(26(28)16-22)17-20-6-4-3-5-7-20/h3-9,14-16H,10-13,17H2,1-2H3,(H2,31,35). The summed E-state index contributed by atoms with van der Waals surface area (Å²) in [5.41, 5.74) is 12.2. The van der Waals surface area contributed by atoms with Crippen LogP contribution in [0.15, 0.2) is 65.2 Å². The van der Waals surface area contributed by atoms with Crippen LogP contribution in [-0.4, -0.2) is 52.7 Å². The maximum atomic E-state index is 13.3. The van der Waals surface area contributed by atoms with E-state index in [2.05, 4.69) is 27.9 Å². The molecule has 0 bridgehead atoms. The van der Waals surface area contributed by atoms with Gasteiger partial charge < -0.3 is 24.5 Å². The highest BCUT2D eigenvalue weighted by Crippen LogP contribution is 2.38. The van der Waals surface area contributed by atoms with E-state index in [0.717, 1.165) is 44.2 Å². The quantitative estimate of drug-likeness (QED) is 0.371. The van der Waals surface area contributed by atoms with E-state index >= 15 is 0 Å². The maximum absolute atomic E-state index is 13.3. The van der Waals surface area contributed by atoms with E-state index < -0.39 is 5.91 Å². The zero-order valence-electron chi connectivity index (χ0n) is 21.4. The Labute approximate surface area is 219 Å². The highest BCUT2D eigenvalue weighted by molar-refractivity contribution is 6.20. The fraction of sp³-hybridized carbons (Fsp3) is 0.233. The molecule has 2 amide bonds. The lowest BCUT2D eigenvalue weighted by atomic mass is 9.97. The molecule has 0 unspecified atom stereocenters. The number of ether oxygens (including phenoxy) is 1. The monoisotopic (exact) mass is 508 g/mol. The van der Waals surface area contributed by atoms with Gasteiger partial charge in [-0.15, -0.1) is 0 Å². The van der Waals surface area contributed by atoms with Crippen molar-refractivity contribution in [3.05, 3.63) is 88.8 Å². The fourth-order valence-corrected chi connectivity index (χ4v) is 5.48. The van der Waals surface area contributed by atoms with Crippen molar-refractivity contribution in [1.82, 2.24) is 14.6 Å². The molecule has 0 aliphatic carbocycles. The Morgan fingerprint density at radius 3 is 2.42 bits per heavy atom. The number of aromatic nitrogens is 2. The summed E-state index contributed by atoms with van der Waals surface area (Å²) < 4.78 is 13.0. The van der Waals surface area contributed by atoms with Gasteiger partial charge in [0.15, 0.2) is 0 Å². The minimum absolute atomic E-state index is 0.0490. The Bertz CT molecular complexity index is 1670. The van der Waals surface area contributed by atoms with Gasteiger partial charge in [-0.2, -0.15) is 0 Å². The van der Waals surface area contributed by atoms with E-state index in [4.69, 9.17) is 15.0 Å². The van der Waals surface area contributed by atoms with Crippen LogP contribution in [0.2, 0.25) is 0 Å². The number of carbonyl (C=O) groups is 2. The van der Waals surface area contributed by atoms with Gasteiger partial charge in [0.25, 0.3) is 5.91 Å². The first-order valence-corrected chi connectivity index (χ1v) is 12.7. The van der Waals surface area contributed by atoms with Crippen molar-refractivity contribution >= 4 is 33.6 Å². The molecule has 0 saturated carbocycles. The lowest BCUT2D eigenvalue weighted by Crippen LogP contribution is -2.40. The zero-order valence-corrected chi connectivity index (χ0v) is 21.4. The molecule has 3 aromatic carbocycles. The molecular formula is C30H28N4O4. The van der Waals surface area contributed by atoms with Gasteiger partial charge in [0, 0.05) is 52.6 Å². The maximum Gasteiger partial charge on any atom is 0.254 e. The van der Waals surface area contributed by atoms with Crippen molar-refractivity contribution < 1.29 is 18.8 Å². The first-order valence-electron chi connectivity index (χ1n) is 12.7. The number of morpholine rings is 1. The van der Waals surface area contributed by atoms with Crippen molar-refractivity contribution in [2.45, 2.75) is 20.4 Å². The second-order valence-corrected chi connectivity index (χ2v) is 9.69. The summed E-state index contributed by atoms with van der Waals surface area (Å²) in [6.45, 7) is 6.48. The van der Waals surface area contributed by atoms with Crippen LogP contribution in [0.3, 0.4) is 0 Å². The molecule has 2 aromatic heterocycles. The number of fused-ring (bicyclic) bond motifs is 3. The topological polar surface area (TPSA) is 104 Å². The molecular weight excluding hydrogens is 480 g/mol. The molecule has 5 aromatic rings. The molecule has 8 heteroatoms. The average Bonchev–Trinajstić information content (AvgIpc) is 3.44. The molecule has 6 rings (SSSR count). The number of rotatable bonds is 5. The van der Waals surface area contributed by atoms with Crippen LogP contribution in [0.25, 0.3) is 32.9 Å². The number of nitrogens with zero attached hydrogens (tertiary/aromatic N) is 3. The number of primary amides is 1. The van der Waals surface area contributed by atoms with Crippen LogP contribution in [0, 0.1) is 13.8 Å². The van der Waals surface area contributed by atoms with Gasteiger partial charge >= 0.3 is 0 Å². The number of benzene rings is 3. The van der Waals surface area contributed by atoms with Gasteiger partial charge in [-0.3, -0.25) is 9.59 Å². The third-order valence-corrected chi connectivity index (χ3v) is 7.28. The minimum atomic E-state index is -0.535. The molecule has 1 aliphatic rings. The molecule has 192 valence electrons. The second kappa shape index (κ2) is 9.46. The van der Waals surface area contributed by atoms with Gasteiger partial charge in [0.1, 0.15) is 5.76 Å².